The van der Waals surface area contributed by atoms with E-state index in [0.717, 1.165) is 48.2 Å². The average Bonchev–Trinajstić information content (AvgIpc) is 2.74. The Kier molecular flexibility index (Phi) is 5.56. The molecule has 0 bridgehead atoms. The van der Waals surface area contributed by atoms with Crippen LogP contribution in [0.3, 0.4) is 0 Å². The lowest BCUT2D eigenvalue weighted by atomic mass is 10.0. The summed E-state index contributed by atoms with van der Waals surface area (Å²) in [5.74, 6) is 2.22. The molecule has 1 unspecified atom stereocenters. The van der Waals surface area contributed by atoms with Gasteiger partial charge in [-0.15, -0.1) is 0 Å². The molecule has 1 aliphatic heterocycles. The van der Waals surface area contributed by atoms with Crippen LogP contribution in [-0.2, 0) is 0 Å². The first kappa shape index (κ1) is 19.1. The Labute approximate surface area is 171 Å². The van der Waals surface area contributed by atoms with Gasteiger partial charge in [-0.1, -0.05) is 37.3 Å². The van der Waals surface area contributed by atoms with E-state index in [4.69, 9.17) is 9.97 Å². The van der Waals surface area contributed by atoms with Crippen molar-refractivity contribution in [1.82, 2.24) is 9.97 Å². The van der Waals surface area contributed by atoms with Gasteiger partial charge < -0.3 is 10.2 Å². The highest BCUT2D eigenvalue weighted by atomic mass is 16.1. The molecule has 0 amide bonds. The number of rotatable bonds is 5. The fraction of sp³-hybridized carbons (Fsp3) is 0.292. The lowest BCUT2D eigenvalue weighted by molar-refractivity contribution is 0.101. The Balaban J connectivity index is 1.68. The van der Waals surface area contributed by atoms with Crippen molar-refractivity contribution < 1.29 is 4.79 Å². The number of anilines is 3. The Morgan fingerprint density at radius 2 is 1.83 bits per heavy atom. The Morgan fingerprint density at radius 1 is 1.07 bits per heavy atom. The van der Waals surface area contributed by atoms with Crippen LogP contribution in [0.5, 0.6) is 0 Å². The van der Waals surface area contributed by atoms with Gasteiger partial charge in [0.05, 0.1) is 5.69 Å². The normalized spacial score (nSPS) is 16.5. The lowest BCUT2D eigenvalue weighted by Gasteiger charge is -2.31. The van der Waals surface area contributed by atoms with Crippen LogP contribution in [0.2, 0.25) is 0 Å². The molecule has 5 heteroatoms. The second-order valence-corrected chi connectivity index (χ2v) is 7.76. The number of carbonyl (C=O) groups excluding carboxylic acids is 1. The molecule has 5 nitrogen and oxygen atoms in total. The molecule has 0 spiro atoms. The first-order chi connectivity index (χ1) is 14.1. The maximum Gasteiger partial charge on any atom is 0.227 e. The highest BCUT2D eigenvalue weighted by Gasteiger charge is 2.20. The number of aromatic nitrogens is 2. The summed E-state index contributed by atoms with van der Waals surface area (Å²) in [4.78, 5) is 23.5. The zero-order valence-electron chi connectivity index (χ0n) is 16.9. The minimum atomic E-state index is 0.0615. The minimum Gasteiger partial charge on any atom is -0.340 e. The third kappa shape index (κ3) is 4.62. The highest BCUT2D eigenvalue weighted by Crippen LogP contribution is 2.27. The first-order valence-electron chi connectivity index (χ1n) is 10.2. The van der Waals surface area contributed by atoms with Gasteiger partial charge in [-0.25, -0.2) is 4.98 Å². The fourth-order valence-electron chi connectivity index (χ4n) is 3.70. The summed E-state index contributed by atoms with van der Waals surface area (Å²) in [7, 11) is 0. The molecule has 2 heterocycles. The molecule has 2 aromatic carbocycles. The van der Waals surface area contributed by atoms with Crippen molar-refractivity contribution >= 4 is 23.2 Å². The van der Waals surface area contributed by atoms with Gasteiger partial charge >= 0.3 is 0 Å². The summed E-state index contributed by atoms with van der Waals surface area (Å²) < 4.78 is 0. The zero-order chi connectivity index (χ0) is 20.2. The van der Waals surface area contributed by atoms with Crippen LogP contribution in [0.25, 0.3) is 11.3 Å². The predicted octanol–water partition coefficient (Wildman–Crippen LogP) is 5.33. The van der Waals surface area contributed by atoms with Gasteiger partial charge in [0.25, 0.3) is 0 Å². The maximum absolute atomic E-state index is 11.5. The molecule has 0 saturated carbocycles. The third-order valence-corrected chi connectivity index (χ3v) is 5.29. The summed E-state index contributed by atoms with van der Waals surface area (Å²) in [5.41, 5.74) is 3.56. The topological polar surface area (TPSA) is 58.1 Å². The van der Waals surface area contributed by atoms with Gasteiger partial charge in [0.2, 0.25) is 5.95 Å². The van der Waals surface area contributed by atoms with E-state index in [-0.39, 0.29) is 5.78 Å². The van der Waals surface area contributed by atoms with Gasteiger partial charge in [0.1, 0.15) is 5.82 Å². The largest absolute Gasteiger partial charge is 0.340 e. The quantitative estimate of drug-likeness (QED) is 0.601. The highest BCUT2D eigenvalue weighted by molar-refractivity contribution is 5.94. The number of nitrogens with one attached hydrogen (secondary N) is 1. The van der Waals surface area contributed by atoms with Crippen LogP contribution in [0.4, 0.5) is 17.5 Å². The van der Waals surface area contributed by atoms with E-state index in [0.29, 0.717) is 11.5 Å². The second-order valence-electron chi connectivity index (χ2n) is 7.76. The van der Waals surface area contributed by atoms with Gasteiger partial charge in [0, 0.05) is 36.0 Å². The average molecular weight is 386 g/mol. The number of nitrogens with zero attached hydrogens (tertiary/aromatic N) is 3. The van der Waals surface area contributed by atoms with E-state index >= 15 is 0 Å². The molecule has 3 aromatic rings. The lowest BCUT2D eigenvalue weighted by Crippen LogP contribution is -2.35. The number of Topliss-reactive ketones (excluding diaryl/α,β-unsaturated/α-hetero) is 1. The minimum absolute atomic E-state index is 0.0615. The zero-order valence-corrected chi connectivity index (χ0v) is 16.9. The monoisotopic (exact) mass is 386 g/mol. The van der Waals surface area contributed by atoms with Crippen LogP contribution in [0, 0.1) is 5.92 Å². The van der Waals surface area contributed by atoms with Crippen molar-refractivity contribution in [2.45, 2.75) is 26.7 Å². The molecule has 1 saturated heterocycles. The number of carbonyl (C=O) groups is 1. The maximum atomic E-state index is 11.5. The van der Waals surface area contributed by atoms with Crippen molar-refractivity contribution in [2.75, 3.05) is 23.3 Å². The molecule has 0 radical (unpaired) electrons. The summed E-state index contributed by atoms with van der Waals surface area (Å²) >= 11 is 0. The molecule has 1 aliphatic rings. The van der Waals surface area contributed by atoms with Gasteiger partial charge in [-0.3, -0.25) is 4.79 Å². The molecule has 29 heavy (non-hydrogen) atoms. The Bertz CT molecular complexity index is 986. The summed E-state index contributed by atoms with van der Waals surface area (Å²) in [6.45, 7) is 5.81. The standard InChI is InChI=1S/C24H26N4O/c1-17-7-6-14-28(16-17)24-26-22(20-8-4-3-5-9-20)15-23(27-24)25-21-12-10-19(11-13-21)18(2)29/h3-5,8-13,15,17H,6-7,14,16H2,1-2H3,(H,25,26,27). The van der Waals surface area contributed by atoms with Gasteiger partial charge in [0.15, 0.2) is 5.78 Å². The number of piperidine rings is 1. The number of hydrogen-bond acceptors (Lipinski definition) is 5. The molecule has 1 fully saturated rings. The number of hydrogen-bond donors (Lipinski definition) is 1. The van der Waals surface area contributed by atoms with E-state index in [9.17, 15) is 4.79 Å². The second kappa shape index (κ2) is 8.43. The van der Waals surface area contributed by atoms with E-state index in [1.807, 2.05) is 48.5 Å². The SMILES string of the molecule is CC(=O)c1ccc(Nc2cc(-c3ccccc3)nc(N3CCCC(C)C3)n2)cc1. The molecule has 0 aliphatic carbocycles. The number of benzene rings is 2. The summed E-state index contributed by atoms with van der Waals surface area (Å²) in [5, 5.41) is 3.38. The fourth-order valence-corrected chi connectivity index (χ4v) is 3.70. The summed E-state index contributed by atoms with van der Waals surface area (Å²) in [6.07, 6.45) is 2.41. The Morgan fingerprint density at radius 3 is 2.52 bits per heavy atom. The van der Waals surface area contributed by atoms with Crippen molar-refractivity contribution in [1.29, 1.82) is 0 Å². The van der Waals surface area contributed by atoms with Gasteiger partial charge in [-0.05, 0) is 49.9 Å². The van der Waals surface area contributed by atoms with Crippen LogP contribution in [-0.4, -0.2) is 28.8 Å². The molecule has 1 N–H and O–H groups in total. The van der Waals surface area contributed by atoms with E-state index in [2.05, 4.69) is 29.3 Å². The summed E-state index contributed by atoms with van der Waals surface area (Å²) in [6, 6.07) is 19.6. The van der Waals surface area contributed by atoms with Crippen LogP contribution < -0.4 is 10.2 Å². The molecule has 148 valence electrons. The Hall–Kier alpha value is -3.21. The molecular formula is C24H26N4O. The van der Waals surface area contributed by atoms with E-state index in [1.165, 1.54) is 6.42 Å². The van der Waals surface area contributed by atoms with E-state index in [1.54, 1.807) is 6.92 Å². The van der Waals surface area contributed by atoms with Crippen LogP contribution in [0.15, 0.2) is 60.7 Å². The first-order valence-corrected chi connectivity index (χ1v) is 10.2. The van der Waals surface area contributed by atoms with Gasteiger partial charge in [-0.2, -0.15) is 4.98 Å². The molecule has 1 aromatic heterocycles. The molecular weight excluding hydrogens is 360 g/mol. The van der Waals surface area contributed by atoms with Crippen molar-refractivity contribution in [2.24, 2.45) is 5.92 Å². The van der Waals surface area contributed by atoms with Crippen LogP contribution in [0.1, 0.15) is 37.0 Å². The van der Waals surface area contributed by atoms with Crippen molar-refractivity contribution in [3.63, 3.8) is 0 Å². The van der Waals surface area contributed by atoms with Crippen LogP contribution >= 0.6 is 0 Å². The van der Waals surface area contributed by atoms with Crippen molar-refractivity contribution in [3.05, 3.63) is 66.2 Å². The third-order valence-electron chi connectivity index (χ3n) is 5.29. The van der Waals surface area contributed by atoms with E-state index < -0.39 is 0 Å². The van der Waals surface area contributed by atoms with Crippen molar-refractivity contribution in [3.8, 4) is 11.3 Å². The molecule has 4 rings (SSSR count). The molecule has 1 atom stereocenters. The predicted molar refractivity (Wildman–Crippen MR) is 118 cm³/mol. The smallest absolute Gasteiger partial charge is 0.227 e. The number of ketones is 1.